The Morgan fingerprint density at radius 3 is 2.75 bits per heavy atom. The van der Waals surface area contributed by atoms with Crippen molar-refractivity contribution in [3.63, 3.8) is 0 Å². The number of piperazine rings is 1. The van der Waals surface area contributed by atoms with E-state index in [0.29, 0.717) is 18.0 Å². The molecule has 0 aromatic carbocycles. The number of rotatable bonds is 3. The monoisotopic (exact) mass is 227 g/mol. The van der Waals surface area contributed by atoms with E-state index in [4.69, 9.17) is 5.73 Å². The third kappa shape index (κ3) is 4.37. The Hall–Kier alpha value is -0.810. The minimum Gasteiger partial charge on any atom is -0.370 e. The molecule has 16 heavy (non-hydrogen) atoms. The topological polar surface area (TPSA) is 56.9 Å². The Morgan fingerprint density at radius 1 is 1.44 bits per heavy atom. The average Bonchev–Trinajstić information content (AvgIpc) is 2.18. The molecule has 1 atom stereocenters. The summed E-state index contributed by atoms with van der Waals surface area (Å²) in [4.78, 5) is 9.08. The van der Waals surface area contributed by atoms with Crippen LogP contribution in [0.25, 0.3) is 0 Å². The lowest BCUT2D eigenvalue weighted by atomic mass is 10.2. The smallest absolute Gasteiger partial charge is 0.188 e. The molecule has 1 saturated heterocycles. The first-order valence-corrected chi connectivity index (χ1v) is 5.94. The molecule has 1 unspecified atom stereocenters. The van der Waals surface area contributed by atoms with Crippen LogP contribution in [0.5, 0.6) is 0 Å². The van der Waals surface area contributed by atoms with Crippen molar-refractivity contribution in [3.05, 3.63) is 0 Å². The Balaban J connectivity index is 2.40. The standard InChI is InChI=1S/C11H25N5/c1-9(2)14-11(12)13-7-10-8-15(3)5-6-16(10)4/h9-10H,5-8H2,1-4H3,(H3,12,13,14). The first-order chi connectivity index (χ1) is 7.49. The molecular formula is C11H25N5. The Kier molecular flexibility index (Phi) is 5.02. The molecule has 0 bridgehead atoms. The number of aliphatic imine (C=N–C) groups is 1. The Morgan fingerprint density at radius 2 is 2.12 bits per heavy atom. The van der Waals surface area contributed by atoms with Gasteiger partial charge in [-0.2, -0.15) is 0 Å². The molecule has 5 nitrogen and oxygen atoms in total. The van der Waals surface area contributed by atoms with Crippen molar-refractivity contribution in [3.8, 4) is 0 Å². The normalized spacial score (nSPS) is 25.1. The Bertz CT molecular complexity index is 239. The van der Waals surface area contributed by atoms with Gasteiger partial charge in [-0.25, -0.2) is 0 Å². The molecule has 1 rings (SSSR count). The summed E-state index contributed by atoms with van der Waals surface area (Å²) in [5, 5.41) is 3.10. The molecule has 5 heteroatoms. The van der Waals surface area contributed by atoms with Gasteiger partial charge in [-0.1, -0.05) is 0 Å². The summed E-state index contributed by atoms with van der Waals surface area (Å²) >= 11 is 0. The molecule has 1 heterocycles. The fraction of sp³-hybridized carbons (Fsp3) is 0.909. The number of hydrogen-bond acceptors (Lipinski definition) is 3. The third-order valence-corrected chi connectivity index (χ3v) is 2.89. The molecule has 0 aromatic heterocycles. The second-order valence-corrected chi connectivity index (χ2v) is 4.92. The lowest BCUT2D eigenvalue weighted by molar-refractivity contribution is 0.119. The van der Waals surface area contributed by atoms with Crippen molar-refractivity contribution < 1.29 is 0 Å². The molecule has 94 valence electrons. The Labute approximate surface area is 98.7 Å². The van der Waals surface area contributed by atoms with Gasteiger partial charge in [-0.3, -0.25) is 9.89 Å². The quantitative estimate of drug-likeness (QED) is 0.506. The lowest BCUT2D eigenvalue weighted by Crippen LogP contribution is -2.51. The summed E-state index contributed by atoms with van der Waals surface area (Å²) in [5.41, 5.74) is 5.78. The van der Waals surface area contributed by atoms with Crippen molar-refractivity contribution in [1.29, 1.82) is 0 Å². The fourth-order valence-corrected chi connectivity index (χ4v) is 1.84. The van der Waals surface area contributed by atoms with Crippen molar-refractivity contribution in [2.24, 2.45) is 10.7 Å². The maximum Gasteiger partial charge on any atom is 0.188 e. The van der Waals surface area contributed by atoms with Crippen LogP contribution < -0.4 is 11.1 Å². The van der Waals surface area contributed by atoms with Crippen molar-refractivity contribution >= 4 is 5.96 Å². The second kappa shape index (κ2) is 6.06. The van der Waals surface area contributed by atoms with Crippen LogP contribution in [0.4, 0.5) is 0 Å². The van der Waals surface area contributed by atoms with Gasteiger partial charge in [0.15, 0.2) is 5.96 Å². The van der Waals surface area contributed by atoms with Crippen LogP contribution >= 0.6 is 0 Å². The summed E-state index contributed by atoms with van der Waals surface area (Å²) < 4.78 is 0. The zero-order valence-corrected chi connectivity index (χ0v) is 10.9. The van der Waals surface area contributed by atoms with Gasteiger partial charge >= 0.3 is 0 Å². The van der Waals surface area contributed by atoms with Gasteiger partial charge in [0, 0.05) is 31.7 Å². The van der Waals surface area contributed by atoms with E-state index in [9.17, 15) is 0 Å². The van der Waals surface area contributed by atoms with Crippen LogP contribution in [0.3, 0.4) is 0 Å². The van der Waals surface area contributed by atoms with Gasteiger partial charge in [0.25, 0.3) is 0 Å². The molecular weight excluding hydrogens is 202 g/mol. The number of hydrogen-bond donors (Lipinski definition) is 2. The first kappa shape index (κ1) is 13.3. The summed E-state index contributed by atoms with van der Waals surface area (Å²) in [6.45, 7) is 8.19. The maximum atomic E-state index is 5.78. The molecule has 0 amide bonds. The minimum absolute atomic E-state index is 0.343. The summed E-state index contributed by atoms with van der Waals surface area (Å²) in [6.07, 6.45) is 0. The van der Waals surface area contributed by atoms with Gasteiger partial charge in [0.05, 0.1) is 6.54 Å². The highest BCUT2D eigenvalue weighted by Crippen LogP contribution is 2.05. The molecule has 1 aliphatic rings. The van der Waals surface area contributed by atoms with Gasteiger partial charge in [-0.05, 0) is 27.9 Å². The van der Waals surface area contributed by atoms with Crippen molar-refractivity contribution in [2.45, 2.75) is 25.9 Å². The van der Waals surface area contributed by atoms with Crippen LogP contribution in [-0.4, -0.2) is 68.1 Å². The maximum absolute atomic E-state index is 5.78. The van der Waals surface area contributed by atoms with E-state index in [1.165, 1.54) is 0 Å². The molecule has 0 aromatic rings. The predicted molar refractivity (Wildman–Crippen MR) is 68.7 cm³/mol. The summed E-state index contributed by atoms with van der Waals surface area (Å²) in [6, 6.07) is 0.821. The van der Waals surface area contributed by atoms with E-state index in [1.54, 1.807) is 0 Å². The molecule has 3 N–H and O–H groups in total. The first-order valence-electron chi connectivity index (χ1n) is 5.94. The molecule has 0 saturated carbocycles. The number of nitrogens with one attached hydrogen (secondary N) is 1. The number of likely N-dealkylation sites (N-methyl/N-ethyl adjacent to an activating group) is 2. The van der Waals surface area contributed by atoms with Crippen molar-refractivity contribution in [2.75, 3.05) is 40.3 Å². The van der Waals surface area contributed by atoms with E-state index in [2.05, 4.69) is 48.1 Å². The largest absolute Gasteiger partial charge is 0.370 e. The minimum atomic E-state index is 0.343. The molecule has 1 fully saturated rings. The number of nitrogens with two attached hydrogens (primary N) is 1. The number of nitrogens with zero attached hydrogens (tertiary/aromatic N) is 3. The van der Waals surface area contributed by atoms with Gasteiger partial charge in [0.2, 0.25) is 0 Å². The van der Waals surface area contributed by atoms with E-state index < -0.39 is 0 Å². The van der Waals surface area contributed by atoms with E-state index in [0.717, 1.165) is 26.2 Å². The summed E-state index contributed by atoms with van der Waals surface area (Å²) in [5.74, 6) is 0.552. The van der Waals surface area contributed by atoms with E-state index in [-0.39, 0.29) is 0 Å². The number of guanidine groups is 1. The zero-order chi connectivity index (χ0) is 12.1. The second-order valence-electron chi connectivity index (χ2n) is 4.92. The summed E-state index contributed by atoms with van der Waals surface area (Å²) in [7, 11) is 4.30. The van der Waals surface area contributed by atoms with Crippen LogP contribution in [0.1, 0.15) is 13.8 Å². The highest BCUT2D eigenvalue weighted by molar-refractivity contribution is 5.78. The van der Waals surface area contributed by atoms with Crippen LogP contribution in [0, 0.1) is 0 Å². The van der Waals surface area contributed by atoms with E-state index in [1.807, 2.05) is 0 Å². The molecule has 0 radical (unpaired) electrons. The van der Waals surface area contributed by atoms with Crippen molar-refractivity contribution in [1.82, 2.24) is 15.1 Å². The van der Waals surface area contributed by atoms with Gasteiger partial charge in [0.1, 0.15) is 0 Å². The molecule has 0 aliphatic carbocycles. The molecule has 1 aliphatic heterocycles. The lowest BCUT2D eigenvalue weighted by Gasteiger charge is -2.36. The van der Waals surface area contributed by atoms with Gasteiger partial charge < -0.3 is 16.0 Å². The zero-order valence-electron chi connectivity index (χ0n) is 10.9. The van der Waals surface area contributed by atoms with Gasteiger partial charge in [-0.15, -0.1) is 0 Å². The highest BCUT2D eigenvalue weighted by atomic mass is 15.3. The molecule has 0 spiro atoms. The fourth-order valence-electron chi connectivity index (χ4n) is 1.84. The van der Waals surface area contributed by atoms with Crippen LogP contribution in [0.2, 0.25) is 0 Å². The average molecular weight is 227 g/mol. The predicted octanol–water partition coefficient (Wildman–Crippen LogP) is -0.455. The van der Waals surface area contributed by atoms with E-state index >= 15 is 0 Å². The van der Waals surface area contributed by atoms with Crippen LogP contribution in [0.15, 0.2) is 4.99 Å². The SMILES string of the molecule is CC(C)NC(N)=NCC1CN(C)CCN1C. The van der Waals surface area contributed by atoms with Crippen LogP contribution in [-0.2, 0) is 0 Å². The highest BCUT2D eigenvalue weighted by Gasteiger charge is 2.21. The third-order valence-electron chi connectivity index (χ3n) is 2.89.